The van der Waals surface area contributed by atoms with E-state index in [1.54, 1.807) is 6.07 Å². The number of hydrogen-bond acceptors (Lipinski definition) is 3. The summed E-state index contributed by atoms with van der Waals surface area (Å²) in [5.41, 5.74) is 2.13. The molecular formula is C16H14BrClO3. The van der Waals surface area contributed by atoms with Crippen molar-refractivity contribution in [3.05, 3.63) is 62.6 Å². The van der Waals surface area contributed by atoms with Gasteiger partial charge in [-0.25, -0.2) is 4.79 Å². The summed E-state index contributed by atoms with van der Waals surface area (Å²) in [6.07, 6.45) is 0. The Hall–Kier alpha value is -1.52. The number of ether oxygens (including phenoxy) is 2. The molecule has 2 rings (SSSR count). The summed E-state index contributed by atoms with van der Waals surface area (Å²) >= 11 is 9.50. The second-order valence-electron chi connectivity index (χ2n) is 4.46. The summed E-state index contributed by atoms with van der Waals surface area (Å²) in [4.78, 5) is 11.9. The van der Waals surface area contributed by atoms with Crippen LogP contribution in [0.2, 0.25) is 5.02 Å². The molecule has 0 radical (unpaired) electrons. The average molecular weight is 370 g/mol. The van der Waals surface area contributed by atoms with Crippen LogP contribution in [-0.2, 0) is 11.3 Å². The van der Waals surface area contributed by atoms with Gasteiger partial charge in [-0.05, 0) is 40.0 Å². The molecule has 2 aromatic carbocycles. The Morgan fingerprint density at radius 1 is 1.29 bits per heavy atom. The van der Waals surface area contributed by atoms with Gasteiger partial charge in [-0.2, -0.15) is 0 Å². The molecule has 0 amide bonds. The van der Waals surface area contributed by atoms with Crippen LogP contribution in [0.4, 0.5) is 0 Å². The van der Waals surface area contributed by atoms with Crippen molar-refractivity contribution < 1.29 is 14.3 Å². The highest BCUT2D eigenvalue weighted by Gasteiger charge is 2.21. The van der Waals surface area contributed by atoms with Gasteiger partial charge in [0.05, 0.1) is 16.6 Å². The van der Waals surface area contributed by atoms with Gasteiger partial charge in [0.2, 0.25) is 0 Å². The smallest absolute Gasteiger partial charge is 0.342 e. The van der Waals surface area contributed by atoms with E-state index in [4.69, 9.17) is 21.1 Å². The average Bonchev–Trinajstić information content (AvgIpc) is 2.51. The van der Waals surface area contributed by atoms with Crippen LogP contribution in [0.3, 0.4) is 0 Å². The zero-order valence-electron chi connectivity index (χ0n) is 11.7. The Morgan fingerprint density at radius 2 is 1.95 bits per heavy atom. The van der Waals surface area contributed by atoms with Gasteiger partial charge in [0.1, 0.15) is 17.9 Å². The van der Waals surface area contributed by atoms with Crippen molar-refractivity contribution in [1.29, 1.82) is 0 Å². The summed E-state index contributed by atoms with van der Waals surface area (Å²) in [5.74, 6) is -0.0497. The van der Waals surface area contributed by atoms with Crippen molar-refractivity contribution in [3.8, 4) is 5.75 Å². The lowest BCUT2D eigenvalue weighted by Gasteiger charge is -2.14. The fraction of sp³-hybridized carbons (Fsp3) is 0.188. The van der Waals surface area contributed by atoms with E-state index in [1.165, 1.54) is 7.11 Å². The molecule has 0 heterocycles. The lowest BCUT2D eigenvalue weighted by Crippen LogP contribution is -2.08. The van der Waals surface area contributed by atoms with Gasteiger partial charge in [0.15, 0.2) is 0 Å². The predicted octanol–water partition coefficient (Wildman–Crippen LogP) is 4.78. The number of esters is 1. The number of hydrogen-bond donors (Lipinski definition) is 0. The van der Waals surface area contributed by atoms with Crippen molar-refractivity contribution in [1.82, 2.24) is 0 Å². The van der Waals surface area contributed by atoms with Crippen LogP contribution < -0.4 is 4.74 Å². The summed E-state index contributed by atoms with van der Waals surface area (Å²) in [6, 6.07) is 11.5. The molecule has 0 aliphatic heterocycles. The lowest BCUT2D eigenvalue weighted by atomic mass is 10.1. The molecule has 0 atom stereocenters. The van der Waals surface area contributed by atoms with E-state index in [0.29, 0.717) is 27.4 Å². The van der Waals surface area contributed by atoms with E-state index in [-0.39, 0.29) is 0 Å². The highest BCUT2D eigenvalue weighted by Crippen LogP contribution is 2.37. The molecule has 0 aliphatic carbocycles. The molecule has 0 aromatic heterocycles. The highest BCUT2D eigenvalue weighted by molar-refractivity contribution is 9.10. The molecule has 2 aromatic rings. The van der Waals surface area contributed by atoms with Gasteiger partial charge in [0.25, 0.3) is 0 Å². The van der Waals surface area contributed by atoms with Gasteiger partial charge in [-0.15, -0.1) is 0 Å². The van der Waals surface area contributed by atoms with Crippen molar-refractivity contribution in [2.75, 3.05) is 7.11 Å². The highest BCUT2D eigenvalue weighted by atomic mass is 79.9. The minimum atomic E-state index is -0.494. The number of benzene rings is 2. The first-order chi connectivity index (χ1) is 10.0. The maximum atomic E-state index is 11.9. The standard InChI is InChI=1S/C16H14BrClO3/c1-10-8-12(21-9-11-6-4-3-5-7-11)13(16(19)20-2)14(17)15(10)18/h3-8H,9H2,1-2H3. The molecule has 0 bridgehead atoms. The summed E-state index contributed by atoms with van der Waals surface area (Å²) in [6.45, 7) is 2.21. The van der Waals surface area contributed by atoms with Crippen LogP contribution >= 0.6 is 27.5 Å². The Morgan fingerprint density at radius 3 is 2.57 bits per heavy atom. The predicted molar refractivity (Wildman–Crippen MR) is 86.0 cm³/mol. The second kappa shape index (κ2) is 6.96. The monoisotopic (exact) mass is 368 g/mol. The zero-order valence-corrected chi connectivity index (χ0v) is 14.0. The third kappa shape index (κ3) is 3.57. The summed E-state index contributed by atoms with van der Waals surface area (Å²) in [7, 11) is 1.32. The second-order valence-corrected chi connectivity index (χ2v) is 5.63. The van der Waals surface area contributed by atoms with Crippen LogP contribution in [0.1, 0.15) is 21.5 Å². The van der Waals surface area contributed by atoms with E-state index in [9.17, 15) is 4.79 Å². The van der Waals surface area contributed by atoms with E-state index >= 15 is 0 Å². The molecule has 0 unspecified atom stereocenters. The zero-order chi connectivity index (χ0) is 15.4. The van der Waals surface area contributed by atoms with Gasteiger partial charge >= 0.3 is 5.97 Å². The maximum absolute atomic E-state index is 11.9. The maximum Gasteiger partial charge on any atom is 0.342 e. The quantitative estimate of drug-likeness (QED) is 0.728. The molecule has 0 saturated carbocycles. The Balaban J connectivity index is 2.35. The van der Waals surface area contributed by atoms with Crippen LogP contribution in [0.5, 0.6) is 5.75 Å². The molecule has 0 spiro atoms. The number of carbonyl (C=O) groups is 1. The molecule has 0 N–H and O–H groups in total. The normalized spacial score (nSPS) is 10.3. The Labute approximate surface area is 137 Å². The third-order valence-corrected chi connectivity index (χ3v) is 4.49. The van der Waals surface area contributed by atoms with Crippen molar-refractivity contribution in [3.63, 3.8) is 0 Å². The van der Waals surface area contributed by atoms with E-state index in [2.05, 4.69) is 15.9 Å². The first-order valence-corrected chi connectivity index (χ1v) is 7.45. The molecule has 5 heteroatoms. The van der Waals surface area contributed by atoms with Crippen molar-refractivity contribution in [2.45, 2.75) is 13.5 Å². The molecule has 3 nitrogen and oxygen atoms in total. The van der Waals surface area contributed by atoms with Gasteiger partial charge < -0.3 is 9.47 Å². The number of carbonyl (C=O) groups excluding carboxylic acids is 1. The Bertz CT molecular complexity index is 656. The molecule has 0 aliphatic rings. The number of rotatable bonds is 4. The SMILES string of the molecule is COC(=O)c1c(OCc2ccccc2)cc(C)c(Cl)c1Br. The van der Waals surface area contributed by atoms with E-state index in [0.717, 1.165) is 11.1 Å². The van der Waals surface area contributed by atoms with E-state index < -0.39 is 5.97 Å². The van der Waals surface area contributed by atoms with Gasteiger partial charge in [-0.3, -0.25) is 0 Å². The van der Waals surface area contributed by atoms with Crippen LogP contribution in [0.15, 0.2) is 40.9 Å². The van der Waals surface area contributed by atoms with Crippen molar-refractivity contribution >= 4 is 33.5 Å². The molecule has 110 valence electrons. The minimum Gasteiger partial charge on any atom is -0.488 e. The fourth-order valence-electron chi connectivity index (χ4n) is 1.86. The first kappa shape index (κ1) is 15.9. The van der Waals surface area contributed by atoms with E-state index in [1.807, 2.05) is 37.3 Å². The topological polar surface area (TPSA) is 35.5 Å². The number of halogens is 2. The molecular weight excluding hydrogens is 356 g/mol. The molecule has 0 saturated heterocycles. The van der Waals surface area contributed by atoms with Crippen molar-refractivity contribution in [2.24, 2.45) is 0 Å². The molecule has 21 heavy (non-hydrogen) atoms. The van der Waals surface area contributed by atoms with Gasteiger partial charge in [0, 0.05) is 0 Å². The molecule has 0 fully saturated rings. The van der Waals surface area contributed by atoms with Crippen LogP contribution in [0, 0.1) is 6.92 Å². The first-order valence-electron chi connectivity index (χ1n) is 6.28. The largest absolute Gasteiger partial charge is 0.488 e. The van der Waals surface area contributed by atoms with Gasteiger partial charge in [-0.1, -0.05) is 41.9 Å². The fourth-order valence-corrected chi connectivity index (χ4v) is 2.68. The van der Waals surface area contributed by atoms with Crippen LogP contribution in [0.25, 0.3) is 0 Å². The minimum absolute atomic E-state index is 0.295. The summed E-state index contributed by atoms with van der Waals surface area (Å²) in [5, 5.41) is 0.475. The van der Waals surface area contributed by atoms with Crippen LogP contribution in [-0.4, -0.2) is 13.1 Å². The number of methoxy groups -OCH3 is 1. The third-order valence-electron chi connectivity index (χ3n) is 2.98. The Kier molecular flexibility index (Phi) is 5.26. The summed E-state index contributed by atoms with van der Waals surface area (Å²) < 4.78 is 11.1. The number of aryl methyl sites for hydroxylation is 1. The lowest BCUT2D eigenvalue weighted by molar-refractivity contribution is 0.0594.